The molecule has 1 aliphatic rings. The zero-order valence-electron chi connectivity index (χ0n) is 11.6. The summed E-state index contributed by atoms with van der Waals surface area (Å²) in [7, 11) is 0. The molecule has 3 rings (SSSR count). The van der Waals surface area contributed by atoms with Crippen molar-refractivity contribution in [3.05, 3.63) is 46.4 Å². The lowest BCUT2D eigenvalue weighted by atomic mass is 9.93. The number of aliphatic hydroxyl groups is 1. The van der Waals surface area contributed by atoms with Gasteiger partial charge in [0.1, 0.15) is 5.69 Å². The van der Waals surface area contributed by atoms with Crippen LogP contribution in [0.5, 0.6) is 0 Å². The highest BCUT2D eigenvalue weighted by atomic mass is 16.3. The van der Waals surface area contributed by atoms with Crippen molar-refractivity contribution in [2.24, 2.45) is 0 Å². The van der Waals surface area contributed by atoms with E-state index in [1.165, 1.54) is 0 Å². The van der Waals surface area contributed by atoms with E-state index in [-0.39, 0.29) is 29.3 Å². The van der Waals surface area contributed by atoms with Gasteiger partial charge in [0.15, 0.2) is 0 Å². The van der Waals surface area contributed by atoms with Gasteiger partial charge in [-0.2, -0.15) is 0 Å². The number of fused-ring (bicyclic) bond motifs is 1. The fourth-order valence-corrected chi connectivity index (χ4v) is 2.82. The van der Waals surface area contributed by atoms with E-state index in [0.717, 1.165) is 18.2 Å². The number of amides is 1. The van der Waals surface area contributed by atoms with Crippen molar-refractivity contribution >= 4 is 16.7 Å². The number of aromatic nitrogens is 1. The number of aromatic amines is 1. The smallest absolute Gasteiger partial charge is 0.268 e. The quantitative estimate of drug-likeness (QED) is 0.783. The molecular weight excluding hydrogens is 268 g/mol. The molecule has 0 spiro atoms. The van der Waals surface area contributed by atoms with Gasteiger partial charge in [-0.1, -0.05) is 18.2 Å². The maximum atomic E-state index is 12.2. The van der Waals surface area contributed by atoms with Crippen LogP contribution in [0.4, 0.5) is 0 Å². The highest BCUT2D eigenvalue weighted by molar-refractivity contribution is 5.96. The Balaban J connectivity index is 1.80. The Morgan fingerprint density at radius 2 is 1.90 bits per heavy atom. The molecule has 0 unspecified atom stereocenters. The van der Waals surface area contributed by atoms with Crippen molar-refractivity contribution in [2.45, 2.75) is 37.8 Å². The molecule has 1 saturated carbocycles. The number of H-pyrrole nitrogens is 1. The lowest BCUT2D eigenvalue weighted by Crippen LogP contribution is -2.39. The molecule has 5 heteroatoms. The monoisotopic (exact) mass is 286 g/mol. The van der Waals surface area contributed by atoms with Crippen molar-refractivity contribution in [2.75, 3.05) is 0 Å². The summed E-state index contributed by atoms with van der Waals surface area (Å²) in [4.78, 5) is 26.8. The summed E-state index contributed by atoms with van der Waals surface area (Å²) in [5, 5.41) is 13.7. The van der Waals surface area contributed by atoms with E-state index >= 15 is 0 Å². The predicted molar refractivity (Wildman–Crippen MR) is 80.3 cm³/mol. The maximum absolute atomic E-state index is 12.2. The summed E-state index contributed by atoms with van der Waals surface area (Å²) in [5.74, 6) is -0.265. The third-order valence-corrected chi connectivity index (χ3v) is 4.03. The second-order valence-electron chi connectivity index (χ2n) is 5.58. The third kappa shape index (κ3) is 2.97. The van der Waals surface area contributed by atoms with Gasteiger partial charge in [-0.25, -0.2) is 0 Å². The molecule has 1 amide bonds. The third-order valence-electron chi connectivity index (χ3n) is 4.03. The molecule has 110 valence electrons. The molecule has 0 radical (unpaired) electrons. The first-order valence-corrected chi connectivity index (χ1v) is 7.24. The van der Waals surface area contributed by atoms with Crippen LogP contribution in [0.15, 0.2) is 35.1 Å². The molecule has 0 saturated heterocycles. The number of rotatable bonds is 2. The van der Waals surface area contributed by atoms with Crippen molar-refractivity contribution in [1.82, 2.24) is 10.3 Å². The van der Waals surface area contributed by atoms with Gasteiger partial charge in [0, 0.05) is 11.4 Å². The van der Waals surface area contributed by atoms with E-state index in [0.29, 0.717) is 18.2 Å². The summed E-state index contributed by atoms with van der Waals surface area (Å²) >= 11 is 0. The Hall–Kier alpha value is -2.14. The van der Waals surface area contributed by atoms with Gasteiger partial charge >= 0.3 is 0 Å². The Labute approximate surface area is 122 Å². The van der Waals surface area contributed by atoms with Crippen LogP contribution in [0, 0.1) is 0 Å². The number of benzene rings is 1. The van der Waals surface area contributed by atoms with Crippen molar-refractivity contribution in [1.29, 1.82) is 0 Å². The molecule has 1 aliphatic carbocycles. The standard InChI is InChI=1S/C16H18N2O3/c19-12-7-5-11(6-8-12)17-16(21)14-9-10-3-1-2-4-13(10)15(20)18-14/h1-4,9,11-12,19H,5-8H2,(H,17,21)(H,18,20). The summed E-state index contributed by atoms with van der Waals surface area (Å²) < 4.78 is 0. The first-order chi connectivity index (χ1) is 10.1. The van der Waals surface area contributed by atoms with Crippen LogP contribution in [0.3, 0.4) is 0 Å². The van der Waals surface area contributed by atoms with Gasteiger partial charge in [-0.3, -0.25) is 9.59 Å². The largest absolute Gasteiger partial charge is 0.393 e. The van der Waals surface area contributed by atoms with E-state index < -0.39 is 0 Å². The molecule has 3 N–H and O–H groups in total. The fraction of sp³-hybridized carbons (Fsp3) is 0.375. The molecule has 1 aromatic carbocycles. The average molecular weight is 286 g/mol. The molecule has 1 heterocycles. The first-order valence-electron chi connectivity index (χ1n) is 7.24. The molecule has 21 heavy (non-hydrogen) atoms. The molecule has 0 aliphatic heterocycles. The molecule has 0 bridgehead atoms. The minimum atomic E-state index is -0.265. The van der Waals surface area contributed by atoms with Gasteiger partial charge in [0.25, 0.3) is 11.5 Å². The van der Waals surface area contributed by atoms with Crippen LogP contribution in [0.2, 0.25) is 0 Å². The first kappa shape index (κ1) is 13.8. The highest BCUT2D eigenvalue weighted by Crippen LogP contribution is 2.18. The Morgan fingerprint density at radius 1 is 1.19 bits per heavy atom. The van der Waals surface area contributed by atoms with Crippen LogP contribution in [-0.4, -0.2) is 28.1 Å². The SMILES string of the molecule is O=C(NC1CCC(O)CC1)c1cc2ccccc2c(=O)[nH]1. The summed E-state index contributed by atoms with van der Waals surface area (Å²) in [5.41, 5.74) is 0.0298. The average Bonchev–Trinajstić information content (AvgIpc) is 2.49. The number of hydrogen-bond acceptors (Lipinski definition) is 3. The number of carbonyl (C=O) groups excluding carboxylic acids is 1. The van der Waals surface area contributed by atoms with Gasteiger partial charge in [0.2, 0.25) is 0 Å². The van der Waals surface area contributed by atoms with Crippen LogP contribution in [-0.2, 0) is 0 Å². The maximum Gasteiger partial charge on any atom is 0.268 e. The van der Waals surface area contributed by atoms with Crippen LogP contribution >= 0.6 is 0 Å². The van der Waals surface area contributed by atoms with E-state index in [1.54, 1.807) is 18.2 Å². The number of aliphatic hydroxyl groups excluding tert-OH is 1. The molecule has 5 nitrogen and oxygen atoms in total. The zero-order chi connectivity index (χ0) is 14.8. The van der Waals surface area contributed by atoms with Gasteiger partial charge in [-0.15, -0.1) is 0 Å². The summed E-state index contributed by atoms with van der Waals surface area (Å²) in [6, 6.07) is 8.95. The fourth-order valence-electron chi connectivity index (χ4n) is 2.82. The zero-order valence-corrected chi connectivity index (χ0v) is 11.6. The number of pyridine rings is 1. The minimum absolute atomic E-state index is 0.0656. The lowest BCUT2D eigenvalue weighted by Gasteiger charge is -2.26. The number of hydrogen-bond donors (Lipinski definition) is 3. The Bertz CT molecular complexity index is 715. The van der Waals surface area contributed by atoms with Gasteiger partial charge < -0.3 is 15.4 Å². The number of carbonyl (C=O) groups is 1. The van der Waals surface area contributed by atoms with Crippen LogP contribution in [0.1, 0.15) is 36.2 Å². The van der Waals surface area contributed by atoms with E-state index in [9.17, 15) is 14.7 Å². The Kier molecular flexibility index (Phi) is 3.75. The topological polar surface area (TPSA) is 82.2 Å². The van der Waals surface area contributed by atoms with E-state index in [2.05, 4.69) is 10.3 Å². The van der Waals surface area contributed by atoms with Gasteiger partial charge in [0.05, 0.1) is 6.10 Å². The number of nitrogens with one attached hydrogen (secondary N) is 2. The molecular formula is C16H18N2O3. The molecule has 1 fully saturated rings. The van der Waals surface area contributed by atoms with Crippen molar-refractivity contribution < 1.29 is 9.90 Å². The second kappa shape index (κ2) is 5.69. The Morgan fingerprint density at radius 3 is 2.67 bits per heavy atom. The van der Waals surface area contributed by atoms with Crippen molar-refractivity contribution in [3.8, 4) is 0 Å². The van der Waals surface area contributed by atoms with Crippen LogP contribution < -0.4 is 10.9 Å². The predicted octanol–water partition coefficient (Wildman–Crippen LogP) is 1.56. The van der Waals surface area contributed by atoms with Gasteiger partial charge in [-0.05, 0) is 43.2 Å². The second-order valence-corrected chi connectivity index (χ2v) is 5.58. The van der Waals surface area contributed by atoms with E-state index in [4.69, 9.17) is 0 Å². The normalized spacial score (nSPS) is 22.1. The molecule has 1 aromatic heterocycles. The highest BCUT2D eigenvalue weighted by Gasteiger charge is 2.21. The van der Waals surface area contributed by atoms with Crippen LogP contribution in [0.25, 0.3) is 10.8 Å². The molecule has 2 aromatic rings. The van der Waals surface area contributed by atoms with Crippen molar-refractivity contribution in [3.63, 3.8) is 0 Å². The lowest BCUT2D eigenvalue weighted by molar-refractivity contribution is 0.0863. The summed E-state index contributed by atoms with van der Waals surface area (Å²) in [6.45, 7) is 0. The van der Waals surface area contributed by atoms with E-state index in [1.807, 2.05) is 12.1 Å². The summed E-state index contributed by atoms with van der Waals surface area (Å²) in [6.07, 6.45) is 2.70. The minimum Gasteiger partial charge on any atom is -0.393 e. The molecule has 0 atom stereocenters.